The smallest absolute Gasteiger partial charge is 0.293 e. The van der Waals surface area contributed by atoms with Crippen molar-refractivity contribution in [2.24, 2.45) is 5.10 Å². The van der Waals surface area contributed by atoms with Crippen molar-refractivity contribution in [2.75, 3.05) is 0 Å². The normalized spacial score (nSPS) is 11.2. The van der Waals surface area contributed by atoms with E-state index < -0.39 is 10.8 Å². The Labute approximate surface area is 181 Å². The van der Waals surface area contributed by atoms with E-state index in [0.29, 0.717) is 22.1 Å². The Balaban J connectivity index is 1.79. The van der Waals surface area contributed by atoms with Crippen LogP contribution in [0.25, 0.3) is 22.0 Å². The van der Waals surface area contributed by atoms with Crippen LogP contribution in [0.4, 0.5) is 5.69 Å². The number of carbonyl (C=O) groups is 1. The van der Waals surface area contributed by atoms with Crippen LogP contribution in [0.5, 0.6) is 11.5 Å². The lowest BCUT2D eigenvalue weighted by atomic mass is 10.00. The number of carbonyl (C=O) groups excluding carboxylic acids is 1. The number of nitrogens with one attached hydrogen (secondary N) is 2. The fourth-order valence-corrected chi connectivity index (χ4v) is 3.49. The SMILES string of the molecule is Cc1cc([N+](=O)[O-])c2[nH]c(C(=O)NN=Cc3ccc(O)cc3O)c(-c3ccccc3)c2c1. The third kappa shape index (κ3) is 3.86. The molecular formula is C23H18N4O5. The Bertz CT molecular complexity index is 1380. The van der Waals surface area contributed by atoms with E-state index in [-0.39, 0.29) is 34.0 Å². The molecule has 0 aliphatic heterocycles. The fraction of sp³-hybridized carbons (Fsp3) is 0.0435. The van der Waals surface area contributed by atoms with Gasteiger partial charge in [0.1, 0.15) is 22.7 Å². The number of hydrogen-bond donors (Lipinski definition) is 4. The first kappa shape index (κ1) is 20.6. The minimum Gasteiger partial charge on any atom is -0.508 e. The quantitative estimate of drug-likeness (QED) is 0.213. The van der Waals surface area contributed by atoms with Crippen molar-refractivity contribution in [3.63, 3.8) is 0 Å². The molecule has 0 unspecified atom stereocenters. The molecule has 9 nitrogen and oxygen atoms in total. The molecule has 0 bridgehead atoms. The van der Waals surface area contributed by atoms with E-state index in [1.165, 1.54) is 24.4 Å². The number of non-ortho nitro benzene ring substituents is 1. The molecule has 0 radical (unpaired) electrons. The monoisotopic (exact) mass is 430 g/mol. The van der Waals surface area contributed by atoms with Gasteiger partial charge in [-0.15, -0.1) is 0 Å². The van der Waals surface area contributed by atoms with Crippen LogP contribution in [0, 0.1) is 17.0 Å². The van der Waals surface area contributed by atoms with Gasteiger partial charge >= 0.3 is 0 Å². The molecule has 32 heavy (non-hydrogen) atoms. The van der Waals surface area contributed by atoms with Crippen LogP contribution in [0.3, 0.4) is 0 Å². The van der Waals surface area contributed by atoms with E-state index in [0.717, 1.165) is 6.07 Å². The van der Waals surface area contributed by atoms with Crippen molar-refractivity contribution in [3.05, 3.63) is 87.6 Å². The summed E-state index contributed by atoms with van der Waals surface area (Å²) in [6.45, 7) is 1.75. The number of nitro groups is 1. The number of hydrogen-bond acceptors (Lipinski definition) is 6. The average molecular weight is 430 g/mol. The first-order valence-corrected chi connectivity index (χ1v) is 9.56. The lowest BCUT2D eigenvalue weighted by Gasteiger charge is -2.05. The van der Waals surface area contributed by atoms with E-state index in [4.69, 9.17) is 0 Å². The largest absolute Gasteiger partial charge is 0.508 e. The van der Waals surface area contributed by atoms with E-state index >= 15 is 0 Å². The van der Waals surface area contributed by atoms with Crippen molar-refractivity contribution < 1.29 is 19.9 Å². The first-order chi connectivity index (χ1) is 15.3. The highest BCUT2D eigenvalue weighted by molar-refractivity contribution is 6.11. The van der Waals surface area contributed by atoms with Gasteiger partial charge in [0.25, 0.3) is 11.6 Å². The van der Waals surface area contributed by atoms with Crippen LogP contribution in [-0.4, -0.2) is 32.2 Å². The molecule has 0 saturated carbocycles. The number of aryl methyl sites for hydroxylation is 1. The van der Waals surface area contributed by atoms with Gasteiger partial charge in [0.15, 0.2) is 0 Å². The van der Waals surface area contributed by atoms with Gasteiger partial charge < -0.3 is 15.2 Å². The molecule has 3 aromatic carbocycles. The van der Waals surface area contributed by atoms with Crippen LogP contribution in [-0.2, 0) is 0 Å². The van der Waals surface area contributed by atoms with Crippen LogP contribution < -0.4 is 5.43 Å². The zero-order valence-electron chi connectivity index (χ0n) is 16.9. The number of hydrazone groups is 1. The van der Waals surface area contributed by atoms with Gasteiger partial charge in [0.05, 0.1) is 11.1 Å². The van der Waals surface area contributed by atoms with Crippen LogP contribution >= 0.6 is 0 Å². The van der Waals surface area contributed by atoms with Crippen molar-refractivity contribution >= 4 is 28.7 Å². The highest BCUT2D eigenvalue weighted by atomic mass is 16.6. The van der Waals surface area contributed by atoms with Gasteiger partial charge in [-0.1, -0.05) is 30.3 Å². The van der Waals surface area contributed by atoms with Crippen LogP contribution in [0.1, 0.15) is 21.6 Å². The highest BCUT2D eigenvalue weighted by Gasteiger charge is 2.24. The Morgan fingerprint density at radius 2 is 1.88 bits per heavy atom. The van der Waals surface area contributed by atoms with E-state index in [1.54, 1.807) is 13.0 Å². The molecule has 4 aromatic rings. The number of benzene rings is 3. The third-order valence-corrected chi connectivity index (χ3v) is 4.90. The number of phenolic OH excluding ortho intramolecular Hbond substituents is 2. The second-order valence-electron chi connectivity index (χ2n) is 7.15. The lowest BCUT2D eigenvalue weighted by molar-refractivity contribution is -0.383. The fourth-order valence-electron chi connectivity index (χ4n) is 3.49. The zero-order chi connectivity index (χ0) is 22.8. The number of phenols is 2. The number of amides is 1. The van der Waals surface area contributed by atoms with Gasteiger partial charge in [-0.25, -0.2) is 5.43 Å². The van der Waals surface area contributed by atoms with Crippen molar-refractivity contribution in [1.29, 1.82) is 0 Å². The van der Waals surface area contributed by atoms with Gasteiger partial charge in [0, 0.05) is 28.6 Å². The minimum absolute atomic E-state index is 0.105. The standard InChI is InChI=1S/C23H18N4O5/c1-13-9-17-20(14-5-3-2-4-6-14)22(25-21(17)18(10-13)27(31)32)23(30)26-24-12-15-7-8-16(28)11-19(15)29/h2-12,25,28-29H,1H3,(H,26,30). The zero-order valence-corrected chi connectivity index (χ0v) is 16.9. The second kappa shape index (κ2) is 8.23. The average Bonchev–Trinajstić information content (AvgIpc) is 3.14. The summed E-state index contributed by atoms with van der Waals surface area (Å²) in [6.07, 6.45) is 1.23. The Morgan fingerprint density at radius 3 is 2.56 bits per heavy atom. The maximum Gasteiger partial charge on any atom is 0.293 e. The molecule has 0 fully saturated rings. The van der Waals surface area contributed by atoms with Crippen molar-refractivity contribution in [2.45, 2.75) is 6.92 Å². The molecule has 0 spiro atoms. The Hall–Kier alpha value is -4.66. The van der Waals surface area contributed by atoms with Crippen LogP contribution in [0.2, 0.25) is 0 Å². The predicted octanol–water partition coefficient (Wildman–Crippen LogP) is 4.23. The third-order valence-electron chi connectivity index (χ3n) is 4.90. The highest BCUT2D eigenvalue weighted by Crippen LogP contribution is 2.37. The van der Waals surface area contributed by atoms with Gasteiger partial charge in [-0.3, -0.25) is 14.9 Å². The molecule has 1 heterocycles. The summed E-state index contributed by atoms with van der Waals surface area (Å²) in [5.41, 5.74) is 4.81. The number of aromatic nitrogens is 1. The summed E-state index contributed by atoms with van der Waals surface area (Å²) in [4.78, 5) is 27.0. The predicted molar refractivity (Wildman–Crippen MR) is 120 cm³/mol. The summed E-state index contributed by atoms with van der Waals surface area (Å²) < 4.78 is 0. The minimum atomic E-state index is -0.610. The van der Waals surface area contributed by atoms with Crippen molar-refractivity contribution in [3.8, 4) is 22.6 Å². The number of nitrogens with zero attached hydrogens (tertiary/aromatic N) is 2. The summed E-state index contributed by atoms with van der Waals surface area (Å²) in [5.74, 6) is -0.919. The van der Waals surface area contributed by atoms with E-state index in [1.807, 2.05) is 30.3 Å². The summed E-state index contributed by atoms with van der Waals surface area (Å²) >= 11 is 0. The van der Waals surface area contributed by atoms with E-state index in [2.05, 4.69) is 15.5 Å². The molecule has 0 saturated heterocycles. The molecule has 4 rings (SSSR count). The molecular weight excluding hydrogens is 412 g/mol. The molecule has 0 atom stereocenters. The Morgan fingerprint density at radius 1 is 1.12 bits per heavy atom. The molecule has 4 N–H and O–H groups in total. The summed E-state index contributed by atoms with van der Waals surface area (Å²) in [5, 5.41) is 35.2. The lowest BCUT2D eigenvalue weighted by Crippen LogP contribution is -2.18. The number of aromatic hydroxyl groups is 2. The second-order valence-corrected chi connectivity index (χ2v) is 7.15. The Kier molecular flexibility index (Phi) is 5.30. The summed E-state index contributed by atoms with van der Waals surface area (Å²) in [7, 11) is 0. The molecule has 9 heteroatoms. The topological polar surface area (TPSA) is 141 Å². The number of rotatable bonds is 5. The van der Waals surface area contributed by atoms with Gasteiger partial charge in [-0.2, -0.15) is 5.10 Å². The molecule has 0 aliphatic rings. The maximum absolute atomic E-state index is 13.0. The number of fused-ring (bicyclic) bond motifs is 1. The van der Waals surface area contributed by atoms with E-state index in [9.17, 15) is 25.1 Å². The van der Waals surface area contributed by atoms with Crippen molar-refractivity contribution in [1.82, 2.24) is 10.4 Å². The maximum atomic E-state index is 13.0. The molecule has 1 amide bonds. The molecule has 0 aliphatic carbocycles. The number of H-pyrrole nitrogens is 1. The number of aromatic amines is 1. The summed E-state index contributed by atoms with van der Waals surface area (Å²) in [6, 6.07) is 16.3. The molecule has 1 aromatic heterocycles. The van der Waals surface area contributed by atoms with Crippen LogP contribution in [0.15, 0.2) is 65.8 Å². The number of nitro benzene ring substituents is 1. The molecule has 160 valence electrons. The van der Waals surface area contributed by atoms with Gasteiger partial charge in [-0.05, 0) is 36.2 Å². The van der Waals surface area contributed by atoms with Gasteiger partial charge in [0.2, 0.25) is 0 Å². The first-order valence-electron chi connectivity index (χ1n) is 9.56.